The normalized spacial score (nSPS) is 11.3. The van der Waals surface area contributed by atoms with Crippen LogP contribution in [0.25, 0.3) is 0 Å². The predicted molar refractivity (Wildman–Crippen MR) is 39.6 cm³/mol. The summed E-state index contributed by atoms with van der Waals surface area (Å²) >= 11 is 0. The van der Waals surface area contributed by atoms with Crippen LogP contribution in [0.3, 0.4) is 0 Å². The molecule has 5 N–H and O–H groups in total. The number of nitrogens with two attached hydrogens (primary N) is 2. The van der Waals surface area contributed by atoms with Crippen molar-refractivity contribution in [2.24, 2.45) is 16.5 Å². The van der Waals surface area contributed by atoms with E-state index in [0.29, 0.717) is 0 Å². The van der Waals surface area contributed by atoms with E-state index < -0.39 is 6.10 Å². The van der Waals surface area contributed by atoms with Gasteiger partial charge in [-0.2, -0.15) is 0 Å². The first-order valence-corrected chi connectivity index (χ1v) is 2.36. The van der Waals surface area contributed by atoms with E-state index in [4.69, 9.17) is 16.6 Å². The van der Waals surface area contributed by atoms with Gasteiger partial charge in [0.25, 0.3) is 0 Å². The Labute approximate surface area is 60.4 Å². The van der Waals surface area contributed by atoms with Gasteiger partial charge in [-0.15, -0.1) is 12.4 Å². The molecule has 0 aliphatic carbocycles. The molecule has 0 aromatic heterocycles. The van der Waals surface area contributed by atoms with Crippen molar-refractivity contribution in [3.05, 3.63) is 0 Å². The van der Waals surface area contributed by atoms with Crippen molar-refractivity contribution in [2.45, 2.75) is 13.0 Å². The summed E-state index contributed by atoms with van der Waals surface area (Å²) in [6.45, 7) is 1.90. The molecule has 0 aromatic rings. The minimum absolute atomic E-state index is 0. The Bertz CT molecular complexity index is 89.8. The first-order valence-electron chi connectivity index (χ1n) is 2.36. The summed E-state index contributed by atoms with van der Waals surface area (Å²) in [5.41, 5.74) is 9.91. The number of rotatable bonds is 2. The van der Waals surface area contributed by atoms with Gasteiger partial charge in [0.1, 0.15) is 0 Å². The molecule has 0 saturated carbocycles. The zero-order valence-electron chi connectivity index (χ0n) is 5.24. The van der Waals surface area contributed by atoms with E-state index in [-0.39, 0.29) is 24.9 Å². The van der Waals surface area contributed by atoms with Gasteiger partial charge in [-0.1, -0.05) is 0 Å². The third kappa shape index (κ3) is 11.2. The van der Waals surface area contributed by atoms with Gasteiger partial charge in [-0.3, -0.25) is 4.99 Å². The molecule has 0 bridgehead atoms. The van der Waals surface area contributed by atoms with E-state index in [1.54, 1.807) is 6.92 Å². The molecule has 0 fully saturated rings. The Morgan fingerprint density at radius 2 is 2.11 bits per heavy atom. The van der Waals surface area contributed by atoms with Crippen molar-refractivity contribution in [3.63, 3.8) is 0 Å². The molecule has 0 aromatic carbocycles. The maximum atomic E-state index is 8.58. The van der Waals surface area contributed by atoms with Crippen LogP contribution in [0.5, 0.6) is 0 Å². The second-order valence-electron chi connectivity index (χ2n) is 1.61. The molecule has 56 valence electrons. The van der Waals surface area contributed by atoms with Crippen molar-refractivity contribution in [3.8, 4) is 0 Å². The molecule has 0 rings (SSSR count). The van der Waals surface area contributed by atoms with Gasteiger partial charge in [-0.05, 0) is 6.92 Å². The minimum atomic E-state index is -0.461. The average molecular weight is 154 g/mol. The van der Waals surface area contributed by atoms with E-state index in [2.05, 4.69) is 4.99 Å². The molecule has 0 amide bonds. The summed E-state index contributed by atoms with van der Waals surface area (Å²) in [5.74, 6) is 0.0194. The van der Waals surface area contributed by atoms with Gasteiger partial charge in [0.05, 0.1) is 12.6 Å². The van der Waals surface area contributed by atoms with Crippen LogP contribution in [0.2, 0.25) is 0 Å². The Balaban J connectivity index is 0. The summed E-state index contributed by atoms with van der Waals surface area (Å²) in [4.78, 5) is 3.55. The number of aliphatic hydroxyl groups is 1. The lowest BCUT2D eigenvalue weighted by Gasteiger charge is -1.96. The molecular weight excluding hydrogens is 142 g/mol. The highest BCUT2D eigenvalue weighted by molar-refractivity contribution is 5.85. The van der Waals surface area contributed by atoms with E-state index in [1.165, 1.54) is 0 Å². The van der Waals surface area contributed by atoms with Crippen molar-refractivity contribution in [2.75, 3.05) is 6.54 Å². The van der Waals surface area contributed by atoms with E-state index in [9.17, 15) is 0 Å². The summed E-state index contributed by atoms with van der Waals surface area (Å²) in [5, 5.41) is 8.58. The van der Waals surface area contributed by atoms with Crippen molar-refractivity contribution in [1.82, 2.24) is 0 Å². The molecular formula is C4H12ClN3O. The lowest BCUT2D eigenvalue weighted by molar-refractivity contribution is 0.204. The van der Waals surface area contributed by atoms with E-state index in [1.807, 2.05) is 0 Å². The number of aliphatic imine (C=N–C) groups is 1. The fraction of sp³-hybridized carbons (Fsp3) is 0.750. The quantitative estimate of drug-likeness (QED) is 0.354. The van der Waals surface area contributed by atoms with Crippen LogP contribution in [0, 0.1) is 0 Å². The molecule has 0 heterocycles. The predicted octanol–water partition coefficient (Wildman–Crippen LogP) is -0.938. The summed E-state index contributed by atoms with van der Waals surface area (Å²) in [6, 6.07) is 0. The van der Waals surface area contributed by atoms with E-state index in [0.717, 1.165) is 0 Å². The Morgan fingerprint density at radius 1 is 1.67 bits per heavy atom. The number of hydrogen-bond donors (Lipinski definition) is 3. The number of hydrogen-bond acceptors (Lipinski definition) is 2. The maximum absolute atomic E-state index is 8.58. The van der Waals surface area contributed by atoms with Crippen LogP contribution >= 0.6 is 12.4 Å². The summed E-state index contributed by atoms with van der Waals surface area (Å²) < 4.78 is 0. The van der Waals surface area contributed by atoms with Gasteiger partial charge < -0.3 is 16.6 Å². The average Bonchev–Trinajstić information content (AvgIpc) is 1.61. The van der Waals surface area contributed by atoms with Crippen molar-refractivity contribution in [1.29, 1.82) is 0 Å². The molecule has 0 aliphatic rings. The minimum Gasteiger partial charge on any atom is -0.391 e. The first-order chi connectivity index (χ1) is 3.63. The number of nitrogens with zero attached hydrogens (tertiary/aromatic N) is 1. The maximum Gasteiger partial charge on any atom is 0.185 e. The van der Waals surface area contributed by atoms with Gasteiger partial charge >= 0.3 is 0 Å². The standard InChI is InChI=1S/C4H11N3O.ClH/c1-3(8)2-7-4(5)6;/h3,8H,2H2,1H3,(H4,5,6,7);1H. The van der Waals surface area contributed by atoms with Crippen LogP contribution < -0.4 is 11.5 Å². The lowest BCUT2D eigenvalue weighted by Crippen LogP contribution is -2.24. The Hall–Kier alpha value is -0.480. The topological polar surface area (TPSA) is 84.6 Å². The lowest BCUT2D eigenvalue weighted by atomic mass is 10.4. The highest BCUT2D eigenvalue weighted by atomic mass is 35.5. The second kappa shape index (κ2) is 5.65. The number of guanidine groups is 1. The van der Waals surface area contributed by atoms with Gasteiger partial charge in [-0.25, -0.2) is 0 Å². The summed E-state index contributed by atoms with van der Waals surface area (Å²) in [7, 11) is 0. The molecule has 5 heteroatoms. The zero-order valence-corrected chi connectivity index (χ0v) is 6.06. The monoisotopic (exact) mass is 153 g/mol. The largest absolute Gasteiger partial charge is 0.391 e. The third-order valence-electron chi connectivity index (χ3n) is 0.538. The van der Waals surface area contributed by atoms with Gasteiger partial charge in [0.2, 0.25) is 0 Å². The Kier molecular flexibility index (Phi) is 7.12. The number of aliphatic hydroxyl groups excluding tert-OH is 1. The molecule has 0 radical (unpaired) electrons. The molecule has 0 aliphatic heterocycles. The van der Waals surface area contributed by atoms with Gasteiger partial charge in [0.15, 0.2) is 5.96 Å². The first kappa shape index (κ1) is 11.3. The number of halogens is 1. The molecule has 0 spiro atoms. The van der Waals surface area contributed by atoms with Crippen LogP contribution in [0.1, 0.15) is 6.92 Å². The second-order valence-corrected chi connectivity index (χ2v) is 1.61. The van der Waals surface area contributed by atoms with Crippen molar-refractivity contribution >= 4 is 18.4 Å². The smallest absolute Gasteiger partial charge is 0.185 e. The third-order valence-corrected chi connectivity index (χ3v) is 0.538. The fourth-order valence-corrected chi connectivity index (χ4v) is 0.238. The Morgan fingerprint density at radius 3 is 2.22 bits per heavy atom. The zero-order chi connectivity index (χ0) is 6.57. The molecule has 4 nitrogen and oxygen atoms in total. The highest BCUT2D eigenvalue weighted by Crippen LogP contribution is 1.77. The SMILES string of the molecule is CC(O)CN=C(N)N.Cl. The molecule has 0 saturated heterocycles. The van der Waals surface area contributed by atoms with E-state index >= 15 is 0 Å². The van der Waals surface area contributed by atoms with Gasteiger partial charge in [0, 0.05) is 0 Å². The summed E-state index contributed by atoms with van der Waals surface area (Å²) in [6.07, 6.45) is -0.461. The molecule has 1 atom stereocenters. The van der Waals surface area contributed by atoms with Crippen molar-refractivity contribution < 1.29 is 5.11 Å². The fourth-order valence-electron chi connectivity index (χ4n) is 0.238. The van der Waals surface area contributed by atoms with Crippen LogP contribution in [0.15, 0.2) is 4.99 Å². The van der Waals surface area contributed by atoms with Crippen LogP contribution in [0.4, 0.5) is 0 Å². The highest BCUT2D eigenvalue weighted by Gasteiger charge is 1.89. The molecule has 9 heavy (non-hydrogen) atoms. The van der Waals surface area contributed by atoms with Crippen LogP contribution in [-0.4, -0.2) is 23.7 Å². The molecule has 1 unspecified atom stereocenters. The van der Waals surface area contributed by atoms with Crippen LogP contribution in [-0.2, 0) is 0 Å².